The lowest BCUT2D eigenvalue weighted by Gasteiger charge is -2.20. The summed E-state index contributed by atoms with van der Waals surface area (Å²) in [5.41, 5.74) is 5.25. The fourth-order valence-corrected chi connectivity index (χ4v) is 4.66. The van der Waals surface area contributed by atoms with Crippen molar-refractivity contribution in [3.05, 3.63) is 54.4 Å². The van der Waals surface area contributed by atoms with Crippen molar-refractivity contribution in [1.29, 1.82) is 0 Å². The number of hydrogen-bond donors (Lipinski definition) is 2. The Morgan fingerprint density at radius 1 is 1.21 bits per heavy atom. The standard InChI is InChI=1S/C20H21Br3N2O3/c1-11-7-12(20(2,3)4)5-6-16(11)28-10-17(26)25-24-9-13-14(21)8-15(22)19(27)18(13)23/h5-9,27H,10H2,1-4H3,(H,25,26)/b24-9-. The zero-order chi connectivity index (χ0) is 21.1. The average molecular weight is 577 g/mol. The molecule has 2 aromatic rings. The van der Waals surface area contributed by atoms with Gasteiger partial charge in [-0.05, 0) is 67.5 Å². The van der Waals surface area contributed by atoms with Crippen LogP contribution in [0.15, 0.2) is 42.8 Å². The van der Waals surface area contributed by atoms with Crippen molar-refractivity contribution in [1.82, 2.24) is 5.43 Å². The number of halogens is 3. The molecule has 5 nitrogen and oxygen atoms in total. The van der Waals surface area contributed by atoms with Gasteiger partial charge < -0.3 is 9.84 Å². The summed E-state index contributed by atoms with van der Waals surface area (Å²) in [5.74, 6) is 0.327. The fraction of sp³-hybridized carbons (Fsp3) is 0.300. The number of benzene rings is 2. The van der Waals surface area contributed by atoms with Gasteiger partial charge in [-0.25, -0.2) is 5.43 Å². The van der Waals surface area contributed by atoms with Crippen molar-refractivity contribution in [3.63, 3.8) is 0 Å². The minimum Gasteiger partial charge on any atom is -0.506 e. The van der Waals surface area contributed by atoms with Crippen LogP contribution >= 0.6 is 47.8 Å². The van der Waals surface area contributed by atoms with E-state index in [4.69, 9.17) is 4.74 Å². The molecule has 0 spiro atoms. The fourth-order valence-electron chi connectivity index (χ4n) is 2.34. The lowest BCUT2D eigenvalue weighted by molar-refractivity contribution is -0.123. The Hall–Kier alpha value is -1.38. The number of phenols is 1. The third-order valence-corrected chi connectivity index (χ3v) is 6.03. The number of phenolic OH excluding ortho intramolecular Hbond substituents is 1. The number of carbonyl (C=O) groups is 1. The van der Waals surface area contributed by atoms with Gasteiger partial charge in [-0.2, -0.15) is 5.10 Å². The second kappa shape index (κ2) is 9.41. The normalized spacial score (nSPS) is 11.7. The number of nitrogens with one attached hydrogen (secondary N) is 1. The van der Waals surface area contributed by atoms with Crippen LogP contribution in [0.1, 0.15) is 37.5 Å². The molecule has 0 radical (unpaired) electrons. The van der Waals surface area contributed by atoms with Gasteiger partial charge in [0.1, 0.15) is 11.5 Å². The van der Waals surface area contributed by atoms with E-state index in [0.29, 0.717) is 24.7 Å². The molecular weight excluding hydrogens is 556 g/mol. The number of ether oxygens (including phenoxy) is 1. The zero-order valence-electron chi connectivity index (χ0n) is 15.9. The van der Waals surface area contributed by atoms with Gasteiger partial charge in [-0.1, -0.05) is 48.8 Å². The highest BCUT2D eigenvalue weighted by Crippen LogP contribution is 2.38. The molecule has 2 rings (SSSR count). The molecule has 8 heteroatoms. The van der Waals surface area contributed by atoms with Crippen LogP contribution < -0.4 is 10.2 Å². The van der Waals surface area contributed by atoms with Crippen LogP contribution in [0.2, 0.25) is 0 Å². The summed E-state index contributed by atoms with van der Waals surface area (Å²) < 4.78 is 7.29. The molecule has 0 aliphatic carbocycles. The molecule has 0 aliphatic rings. The van der Waals surface area contributed by atoms with Crippen molar-refractivity contribution in [2.45, 2.75) is 33.1 Å². The van der Waals surface area contributed by atoms with Crippen LogP contribution in [-0.4, -0.2) is 23.8 Å². The summed E-state index contributed by atoms with van der Waals surface area (Å²) in [6, 6.07) is 7.65. The molecule has 0 unspecified atom stereocenters. The molecule has 1 amide bonds. The Bertz CT molecular complexity index is 922. The van der Waals surface area contributed by atoms with E-state index in [9.17, 15) is 9.90 Å². The number of hydrogen-bond acceptors (Lipinski definition) is 4. The summed E-state index contributed by atoms with van der Waals surface area (Å²) in [6.07, 6.45) is 1.43. The SMILES string of the molecule is Cc1cc(C(C)(C)C)ccc1OCC(=O)N/N=C\c1c(Br)cc(Br)c(O)c1Br. The molecular formula is C20H21Br3N2O3. The summed E-state index contributed by atoms with van der Waals surface area (Å²) in [5, 5.41) is 13.9. The predicted molar refractivity (Wildman–Crippen MR) is 122 cm³/mol. The Morgan fingerprint density at radius 2 is 1.89 bits per heavy atom. The average Bonchev–Trinajstić information content (AvgIpc) is 2.60. The van der Waals surface area contributed by atoms with Crippen molar-refractivity contribution in [2.75, 3.05) is 6.61 Å². The molecule has 2 N–H and O–H groups in total. The molecule has 0 atom stereocenters. The van der Waals surface area contributed by atoms with E-state index in [1.807, 2.05) is 19.1 Å². The summed E-state index contributed by atoms with van der Waals surface area (Å²) in [7, 11) is 0. The number of carbonyl (C=O) groups excluding carboxylic acids is 1. The maximum absolute atomic E-state index is 12.0. The van der Waals surface area contributed by atoms with Crippen LogP contribution in [0, 0.1) is 6.92 Å². The third kappa shape index (κ3) is 5.81. The van der Waals surface area contributed by atoms with Crippen LogP contribution in [0.5, 0.6) is 11.5 Å². The number of aromatic hydroxyl groups is 1. The Kier molecular flexibility index (Phi) is 7.70. The maximum Gasteiger partial charge on any atom is 0.277 e. The molecule has 28 heavy (non-hydrogen) atoms. The van der Waals surface area contributed by atoms with Crippen LogP contribution in [-0.2, 0) is 10.2 Å². The molecule has 0 saturated heterocycles. The van der Waals surface area contributed by atoms with Gasteiger partial charge >= 0.3 is 0 Å². The van der Waals surface area contributed by atoms with Crippen LogP contribution in [0.25, 0.3) is 0 Å². The van der Waals surface area contributed by atoms with Gasteiger partial charge in [0.2, 0.25) is 0 Å². The van der Waals surface area contributed by atoms with E-state index < -0.39 is 0 Å². The first-order valence-corrected chi connectivity index (χ1v) is 10.8. The maximum atomic E-state index is 12.0. The van der Waals surface area contributed by atoms with Gasteiger partial charge in [0.05, 0.1) is 15.2 Å². The van der Waals surface area contributed by atoms with Crippen molar-refractivity contribution in [3.8, 4) is 11.5 Å². The summed E-state index contributed by atoms with van der Waals surface area (Å²) >= 11 is 9.93. The van der Waals surface area contributed by atoms with Crippen LogP contribution in [0.3, 0.4) is 0 Å². The van der Waals surface area contributed by atoms with Gasteiger partial charge in [0.15, 0.2) is 6.61 Å². The number of hydrazone groups is 1. The van der Waals surface area contributed by atoms with Crippen molar-refractivity contribution < 1.29 is 14.6 Å². The van der Waals surface area contributed by atoms with E-state index in [0.717, 1.165) is 5.56 Å². The van der Waals surface area contributed by atoms with Crippen molar-refractivity contribution >= 4 is 59.9 Å². The second-order valence-electron chi connectivity index (χ2n) is 7.23. The molecule has 2 aromatic carbocycles. The first-order chi connectivity index (χ1) is 13.0. The zero-order valence-corrected chi connectivity index (χ0v) is 20.7. The molecule has 0 heterocycles. The highest BCUT2D eigenvalue weighted by molar-refractivity contribution is 9.11. The summed E-state index contributed by atoms with van der Waals surface area (Å²) in [4.78, 5) is 12.0. The van der Waals surface area contributed by atoms with E-state index in [1.165, 1.54) is 11.8 Å². The van der Waals surface area contributed by atoms with E-state index in [-0.39, 0.29) is 23.7 Å². The minimum absolute atomic E-state index is 0.0495. The molecule has 0 aromatic heterocycles. The van der Waals surface area contributed by atoms with E-state index in [2.05, 4.69) is 85.2 Å². The number of amides is 1. The first kappa shape index (κ1) is 22.9. The monoisotopic (exact) mass is 574 g/mol. The molecule has 0 bridgehead atoms. The highest BCUT2D eigenvalue weighted by atomic mass is 79.9. The van der Waals surface area contributed by atoms with Crippen LogP contribution in [0.4, 0.5) is 0 Å². The van der Waals surface area contributed by atoms with Crippen molar-refractivity contribution in [2.24, 2.45) is 5.10 Å². The predicted octanol–water partition coefficient (Wildman–Crippen LogP) is 5.81. The Morgan fingerprint density at radius 3 is 2.50 bits per heavy atom. The lowest BCUT2D eigenvalue weighted by atomic mass is 9.86. The molecule has 150 valence electrons. The Labute approximate surface area is 189 Å². The first-order valence-electron chi connectivity index (χ1n) is 8.43. The van der Waals surface area contributed by atoms with E-state index >= 15 is 0 Å². The Balaban J connectivity index is 1.97. The quantitative estimate of drug-likeness (QED) is 0.348. The smallest absolute Gasteiger partial charge is 0.277 e. The highest BCUT2D eigenvalue weighted by Gasteiger charge is 2.15. The minimum atomic E-state index is -0.385. The molecule has 0 saturated carbocycles. The van der Waals surface area contributed by atoms with Gasteiger partial charge in [0.25, 0.3) is 5.91 Å². The second-order valence-corrected chi connectivity index (χ2v) is 9.73. The summed E-state index contributed by atoms with van der Waals surface area (Å²) in [6.45, 7) is 8.25. The molecule has 0 aliphatic heterocycles. The van der Waals surface area contributed by atoms with Gasteiger partial charge in [-0.3, -0.25) is 4.79 Å². The third-order valence-electron chi connectivity index (χ3n) is 3.96. The van der Waals surface area contributed by atoms with Gasteiger partial charge in [0, 0.05) is 10.0 Å². The molecule has 0 fully saturated rings. The number of aryl methyl sites for hydroxylation is 1. The number of nitrogens with zero attached hydrogens (tertiary/aromatic N) is 1. The van der Waals surface area contributed by atoms with Gasteiger partial charge in [-0.15, -0.1) is 0 Å². The largest absolute Gasteiger partial charge is 0.506 e. The lowest BCUT2D eigenvalue weighted by Crippen LogP contribution is -2.25. The topological polar surface area (TPSA) is 70.9 Å². The number of rotatable bonds is 5. The van der Waals surface area contributed by atoms with E-state index in [1.54, 1.807) is 6.07 Å².